The molecule has 1 atom stereocenters. The molecule has 0 saturated heterocycles. The van der Waals surface area contributed by atoms with Gasteiger partial charge in [0.15, 0.2) is 0 Å². The molecule has 2 aromatic rings. The molecule has 1 amide bonds. The number of hydrogen-bond donors (Lipinski definition) is 2. The van der Waals surface area contributed by atoms with Crippen molar-refractivity contribution in [2.45, 2.75) is 24.3 Å². The van der Waals surface area contributed by atoms with Gasteiger partial charge in [0.25, 0.3) is 21.5 Å². The molecule has 27 heavy (non-hydrogen) atoms. The van der Waals surface area contributed by atoms with Crippen LogP contribution in [0.25, 0.3) is 0 Å². The maximum absolute atomic E-state index is 12.4. The van der Waals surface area contributed by atoms with Crippen LogP contribution in [0.5, 0.6) is 5.75 Å². The van der Waals surface area contributed by atoms with Gasteiger partial charge in [0, 0.05) is 6.07 Å². The standard InChI is InChI=1S/C18H18N2O6S/c1-3-25-17(22)18(2)16(21)19-14-10-9-12(11-15(14)26-18)20-27(23,24)13-7-5-4-6-8-13/h4-11,20H,3H2,1-2H3,(H,19,21). The quantitative estimate of drug-likeness (QED) is 0.598. The summed E-state index contributed by atoms with van der Waals surface area (Å²) < 4.78 is 37.8. The SMILES string of the molecule is CCOC(=O)C1(C)Oc2cc(NS(=O)(=O)c3ccccc3)ccc2NC1=O. The van der Waals surface area contributed by atoms with Crippen LogP contribution in [0.4, 0.5) is 11.4 Å². The van der Waals surface area contributed by atoms with E-state index in [0.29, 0.717) is 5.69 Å². The van der Waals surface area contributed by atoms with Gasteiger partial charge in [0.2, 0.25) is 0 Å². The zero-order valence-corrected chi connectivity index (χ0v) is 15.5. The summed E-state index contributed by atoms with van der Waals surface area (Å²) in [6.45, 7) is 3.01. The Morgan fingerprint density at radius 1 is 1.22 bits per heavy atom. The number of nitrogens with one attached hydrogen (secondary N) is 2. The minimum atomic E-state index is -3.79. The maximum Gasteiger partial charge on any atom is 0.360 e. The maximum atomic E-state index is 12.4. The van der Waals surface area contributed by atoms with Crippen molar-refractivity contribution in [1.82, 2.24) is 0 Å². The Morgan fingerprint density at radius 2 is 1.93 bits per heavy atom. The van der Waals surface area contributed by atoms with Gasteiger partial charge in [0.1, 0.15) is 5.75 Å². The van der Waals surface area contributed by atoms with Crippen LogP contribution in [0, 0.1) is 0 Å². The molecule has 0 aromatic heterocycles. The molecule has 3 rings (SSSR count). The largest absolute Gasteiger partial charge is 0.464 e. The Kier molecular flexibility index (Phi) is 4.79. The van der Waals surface area contributed by atoms with Crippen molar-refractivity contribution in [2.24, 2.45) is 0 Å². The fourth-order valence-electron chi connectivity index (χ4n) is 2.50. The molecule has 2 aromatic carbocycles. The van der Waals surface area contributed by atoms with Crippen molar-refractivity contribution in [3.63, 3.8) is 0 Å². The summed E-state index contributed by atoms with van der Waals surface area (Å²) in [6.07, 6.45) is 0. The third kappa shape index (κ3) is 3.59. The molecule has 1 aliphatic heterocycles. The minimum Gasteiger partial charge on any atom is -0.464 e. The number of sulfonamides is 1. The molecule has 1 aliphatic rings. The fraction of sp³-hybridized carbons (Fsp3) is 0.222. The fourth-order valence-corrected chi connectivity index (χ4v) is 3.57. The van der Waals surface area contributed by atoms with Gasteiger partial charge in [-0.25, -0.2) is 13.2 Å². The second kappa shape index (κ2) is 6.92. The number of carbonyl (C=O) groups excluding carboxylic acids is 2. The van der Waals surface area contributed by atoms with Crippen molar-refractivity contribution in [3.8, 4) is 5.75 Å². The molecule has 0 saturated carbocycles. The van der Waals surface area contributed by atoms with Gasteiger partial charge >= 0.3 is 5.97 Å². The summed E-state index contributed by atoms with van der Waals surface area (Å²) in [5.41, 5.74) is -1.32. The van der Waals surface area contributed by atoms with Crippen molar-refractivity contribution >= 4 is 33.3 Å². The van der Waals surface area contributed by atoms with Gasteiger partial charge in [-0.05, 0) is 38.1 Å². The Bertz CT molecular complexity index is 990. The van der Waals surface area contributed by atoms with Crippen molar-refractivity contribution in [1.29, 1.82) is 0 Å². The van der Waals surface area contributed by atoms with E-state index in [9.17, 15) is 18.0 Å². The third-order valence-corrected chi connectivity index (χ3v) is 5.35. The van der Waals surface area contributed by atoms with Crippen molar-refractivity contribution < 1.29 is 27.5 Å². The Labute approximate surface area is 156 Å². The number of esters is 1. The van der Waals surface area contributed by atoms with Crippen LogP contribution in [-0.2, 0) is 24.3 Å². The summed E-state index contributed by atoms with van der Waals surface area (Å²) >= 11 is 0. The number of ether oxygens (including phenoxy) is 2. The van der Waals surface area contributed by atoms with Crippen LogP contribution >= 0.6 is 0 Å². The average Bonchev–Trinajstić information content (AvgIpc) is 2.63. The number of fused-ring (bicyclic) bond motifs is 1. The van der Waals surface area contributed by atoms with Crippen LogP contribution in [0.3, 0.4) is 0 Å². The van der Waals surface area contributed by atoms with Gasteiger partial charge in [-0.2, -0.15) is 0 Å². The molecule has 0 radical (unpaired) electrons. The van der Waals surface area contributed by atoms with Crippen LogP contribution in [0.2, 0.25) is 0 Å². The first kappa shape index (κ1) is 18.7. The van der Waals surface area contributed by atoms with E-state index in [1.165, 1.54) is 37.3 Å². The summed E-state index contributed by atoms with van der Waals surface area (Å²) in [5, 5.41) is 2.57. The number of benzene rings is 2. The molecular weight excluding hydrogens is 372 g/mol. The van der Waals surface area contributed by atoms with Crippen LogP contribution in [0.15, 0.2) is 53.4 Å². The highest BCUT2D eigenvalue weighted by Crippen LogP contribution is 2.36. The third-order valence-electron chi connectivity index (χ3n) is 3.95. The first-order valence-electron chi connectivity index (χ1n) is 8.16. The molecular formula is C18H18N2O6S. The van der Waals surface area contributed by atoms with E-state index in [4.69, 9.17) is 9.47 Å². The van der Waals surface area contributed by atoms with Gasteiger partial charge in [-0.1, -0.05) is 18.2 Å². The zero-order valence-electron chi connectivity index (χ0n) is 14.7. The average molecular weight is 390 g/mol. The Balaban J connectivity index is 1.89. The highest BCUT2D eigenvalue weighted by atomic mass is 32.2. The lowest BCUT2D eigenvalue weighted by molar-refractivity contribution is -0.165. The van der Waals surface area contributed by atoms with E-state index >= 15 is 0 Å². The summed E-state index contributed by atoms with van der Waals surface area (Å²) in [4.78, 5) is 24.5. The minimum absolute atomic E-state index is 0.0921. The van der Waals surface area contributed by atoms with Crippen LogP contribution in [0.1, 0.15) is 13.8 Å². The molecule has 142 valence electrons. The number of amides is 1. The first-order valence-corrected chi connectivity index (χ1v) is 9.64. The molecule has 1 unspecified atom stereocenters. The summed E-state index contributed by atoms with van der Waals surface area (Å²) in [6, 6.07) is 12.2. The topological polar surface area (TPSA) is 111 Å². The van der Waals surface area contributed by atoms with E-state index in [1.54, 1.807) is 25.1 Å². The summed E-state index contributed by atoms with van der Waals surface area (Å²) in [5.74, 6) is -1.34. The van der Waals surface area contributed by atoms with Gasteiger partial charge in [0.05, 0.1) is 22.9 Å². The number of rotatable bonds is 5. The molecule has 0 aliphatic carbocycles. The van der Waals surface area contributed by atoms with Crippen molar-refractivity contribution in [3.05, 3.63) is 48.5 Å². The molecule has 1 heterocycles. The zero-order chi connectivity index (χ0) is 19.7. The van der Waals surface area contributed by atoms with Crippen LogP contribution < -0.4 is 14.8 Å². The van der Waals surface area contributed by atoms with Gasteiger partial charge in [-0.15, -0.1) is 0 Å². The highest BCUT2D eigenvalue weighted by Gasteiger charge is 2.48. The van der Waals surface area contributed by atoms with E-state index < -0.39 is 27.5 Å². The highest BCUT2D eigenvalue weighted by molar-refractivity contribution is 7.92. The smallest absolute Gasteiger partial charge is 0.360 e. The molecule has 8 nitrogen and oxygen atoms in total. The molecule has 0 fully saturated rings. The van der Waals surface area contributed by atoms with Gasteiger partial charge in [-0.3, -0.25) is 9.52 Å². The molecule has 9 heteroatoms. The lowest BCUT2D eigenvalue weighted by Gasteiger charge is -2.32. The number of carbonyl (C=O) groups is 2. The lowest BCUT2D eigenvalue weighted by Crippen LogP contribution is -2.55. The van der Waals surface area contributed by atoms with E-state index in [2.05, 4.69) is 10.0 Å². The monoisotopic (exact) mass is 390 g/mol. The van der Waals surface area contributed by atoms with E-state index in [0.717, 1.165) is 0 Å². The first-order chi connectivity index (χ1) is 12.8. The van der Waals surface area contributed by atoms with E-state index in [1.807, 2.05) is 0 Å². The second-order valence-electron chi connectivity index (χ2n) is 5.94. The van der Waals surface area contributed by atoms with E-state index in [-0.39, 0.29) is 22.9 Å². The number of hydrogen-bond acceptors (Lipinski definition) is 6. The Morgan fingerprint density at radius 3 is 2.59 bits per heavy atom. The van der Waals surface area contributed by atoms with Gasteiger partial charge < -0.3 is 14.8 Å². The van der Waals surface area contributed by atoms with Crippen LogP contribution in [-0.4, -0.2) is 32.5 Å². The molecule has 0 spiro atoms. The predicted octanol–water partition coefficient (Wildman–Crippen LogP) is 2.14. The number of anilines is 2. The predicted molar refractivity (Wildman–Crippen MR) is 98.0 cm³/mol. The summed E-state index contributed by atoms with van der Waals surface area (Å²) in [7, 11) is -3.79. The lowest BCUT2D eigenvalue weighted by atomic mass is 10.0. The molecule has 0 bridgehead atoms. The van der Waals surface area contributed by atoms with Crippen molar-refractivity contribution in [2.75, 3.05) is 16.6 Å². The second-order valence-corrected chi connectivity index (χ2v) is 7.62. The molecule has 2 N–H and O–H groups in total. The normalized spacial score (nSPS) is 18.7. The Hall–Kier alpha value is -3.07.